The Labute approximate surface area is 147 Å². The van der Waals surface area contributed by atoms with E-state index in [-0.39, 0.29) is 17.9 Å². The number of nitrogens with zero attached hydrogens (tertiary/aromatic N) is 1. The van der Waals surface area contributed by atoms with Gasteiger partial charge in [0.1, 0.15) is 23.4 Å². The molecule has 1 aromatic heterocycles. The van der Waals surface area contributed by atoms with Gasteiger partial charge in [-0.3, -0.25) is 4.79 Å². The van der Waals surface area contributed by atoms with E-state index >= 15 is 0 Å². The number of amides is 1. The van der Waals surface area contributed by atoms with E-state index in [0.29, 0.717) is 12.3 Å². The number of ether oxygens (including phenoxy) is 2. The van der Waals surface area contributed by atoms with Crippen LogP contribution in [0.15, 0.2) is 16.7 Å². The summed E-state index contributed by atoms with van der Waals surface area (Å²) in [5.41, 5.74) is 3.63. The summed E-state index contributed by atoms with van der Waals surface area (Å²) in [5, 5.41) is 6.89. The summed E-state index contributed by atoms with van der Waals surface area (Å²) < 4.78 is 16.4. The van der Waals surface area contributed by atoms with Gasteiger partial charge >= 0.3 is 0 Å². The second-order valence-electron chi connectivity index (χ2n) is 6.58. The average Bonchev–Trinajstić information content (AvgIpc) is 3.11. The topological polar surface area (TPSA) is 73.6 Å². The SMILES string of the molecule is COc1cc2c(cc1CNC(=O)[C@H](C)c1c(C)noc1C)O[C@@H](C)C2. The Bertz CT molecular complexity index is 777. The van der Waals surface area contributed by atoms with Crippen LogP contribution in [0.2, 0.25) is 0 Å². The highest BCUT2D eigenvalue weighted by molar-refractivity contribution is 5.83. The Hall–Kier alpha value is -2.50. The molecule has 3 rings (SSSR count). The molecule has 1 aliphatic rings. The maximum atomic E-state index is 12.6. The molecule has 25 heavy (non-hydrogen) atoms. The Balaban J connectivity index is 1.73. The first-order valence-corrected chi connectivity index (χ1v) is 8.47. The van der Waals surface area contributed by atoms with E-state index < -0.39 is 0 Å². The van der Waals surface area contributed by atoms with Gasteiger partial charge in [0.05, 0.1) is 18.7 Å². The largest absolute Gasteiger partial charge is 0.496 e. The number of rotatable bonds is 5. The van der Waals surface area contributed by atoms with Gasteiger partial charge in [-0.25, -0.2) is 0 Å². The minimum atomic E-state index is -0.331. The van der Waals surface area contributed by atoms with Gasteiger partial charge in [-0.2, -0.15) is 0 Å². The van der Waals surface area contributed by atoms with Crippen molar-refractivity contribution in [3.63, 3.8) is 0 Å². The fourth-order valence-corrected chi connectivity index (χ4v) is 3.38. The first kappa shape index (κ1) is 17.3. The van der Waals surface area contributed by atoms with E-state index in [1.54, 1.807) is 7.11 Å². The second kappa shape index (κ2) is 6.78. The van der Waals surface area contributed by atoms with Gasteiger partial charge in [-0.1, -0.05) is 5.16 Å². The lowest BCUT2D eigenvalue weighted by Crippen LogP contribution is -2.28. The van der Waals surface area contributed by atoms with Crippen molar-refractivity contribution in [2.24, 2.45) is 0 Å². The van der Waals surface area contributed by atoms with E-state index in [2.05, 4.69) is 10.5 Å². The quantitative estimate of drug-likeness (QED) is 0.902. The molecule has 2 heterocycles. The molecule has 1 aliphatic heterocycles. The third kappa shape index (κ3) is 3.34. The first-order chi connectivity index (χ1) is 11.9. The molecule has 6 nitrogen and oxygen atoms in total. The van der Waals surface area contributed by atoms with E-state index in [0.717, 1.165) is 40.3 Å². The lowest BCUT2D eigenvalue weighted by Gasteiger charge is -2.15. The number of carbonyl (C=O) groups excluding carboxylic acids is 1. The smallest absolute Gasteiger partial charge is 0.227 e. The molecule has 1 aromatic carbocycles. The normalized spacial score (nSPS) is 16.9. The van der Waals surface area contributed by atoms with Crippen molar-refractivity contribution in [1.82, 2.24) is 10.5 Å². The average molecular weight is 344 g/mol. The van der Waals surface area contributed by atoms with Crippen LogP contribution in [-0.2, 0) is 17.8 Å². The number of fused-ring (bicyclic) bond motifs is 1. The lowest BCUT2D eigenvalue weighted by atomic mass is 9.98. The molecule has 2 aromatic rings. The van der Waals surface area contributed by atoms with Gasteiger partial charge in [0.15, 0.2) is 0 Å². The van der Waals surface area contributed by atoms with Crippen LogP contribution in [0, 0.1) is 13.8 Å². The monoisotopic (exact) mass is 344 g/mol. The van der Waals surface area contributed by atoms with E-state index in [4.69, 9.17) is 14.0 Å². The molecular formula is C19H24N2O4. The molecular weight excluding hydrogens is 320 g/mol. The molecule has 0 saturated carbocycles. The van der Waals surface area contributed by atoms with Crippen LogP contribution < -0.4 is 14.8 Å². The lowest BCUT2D eigenvalue weighted by molar-refractivity contribution is -0.122. The second-order valence-corrected chi connectivity index (χ2v) is 6.58. The van der Waals surface area contributed by atoms with Crippen molar-refractivity contribution in [2.45, 2.75) is 52.7 Å². The molecule has 134 valence electrons. The summed E-state index contributed by atoms with van der Waals surface area (Å²) in [7, 11) is 1.64. The van der Waals surface area contributed by atoms with Crippen molar-refractivity contribution >= 4 is 5.91 Å². The zero-order valence-electron chi connectivity index (χ0n) is 15.3. The fourth-order valence-electron chi connectivity index (χ4n) is 3.38. The molecule has 0 radical (unpaired) electrons. The molecule has 0 spiro atoms. The highest BCUT2D eigenvalue weighted by atomic mass is 16.5. The standard InChI is InChI=1S/C19H24N2O4/c1-10-6-14-7-16(23-5)15(8-17(14)24-10)9-20-19(22)11(2)18-12(3)21-25-13(18)4/h7-8,10-11H,6,9H2,1-5H3,(H,20,22)/t10-,11+/m0/s1. The zero-order chi connectivity index (χ0) is 18.1. The van der Waals surface area contributed by atoms with Gasteiger partial charge in [0.25, 0.3) is 0 Å². The summed E-state index contributed by atoms with van der Waals surface area (Å²) in [6.07, 6.45) is 1.05. The van der Waals surface area contributed by atoms with Crippen molar-refractivity contribution in [3.05, 3.63) is 40.3 Å². The van der Waals surface area contributed by atoms with Crippen LogP contribution in [-0.4, -0.2) is 24.3 Å². The number of nitrogens with one attached hydrogen (secondary N) is 1. The van der Waals surface area contributed by atoms with Crippen molar-refractivity contribution in [3.8, 4) is 11.5 Å². The fraction of sp³-hybridized carbons (Fsp3) is 0.474. The molecule has 0 aliphatic carbocycles. The van der Waals surface area contributed by atoms with Crippen LogP contribution in [0.1, 0.15) is 47.9 Å². The number of methoxy groups -OCH3 is 1. The molecule has 0 fully saturated rings. The number of benzene rings is 1. The maximum Gasteiger partial charge on any atom is 0.227 e. The number of hydrogen-bond acceptors (Lipinski definition) is 5. The van der Waals surface area contributed by atoms with Crippen LogP contribution in [0.4, 0.5) is 0 Å². The van der Waals surface area contributed by atoms with Gasteiger partial charge in [-0.15, -0.1) is 0 Å². The summed E-state index contributed by atoms with van der Waals surface area (Å²) in [4.78, 5) is 12.6. The highest BCUT2D eigenvalue weighted by Gasteiger charge is 2.24. The molecule has 1 N–H and O–H groups in total. The van der Waals surface area contributed by atoms with Gasteiger partial charge in [0, 0.05) is 29.7 Å². The van der Waals surface area contributed by atoms with Crippen LogP contribution >= 0.6 is 0 Å². The summed E-state index contributed by atoms with van der Waals surface area (Å²) in [6, 6.07) is 3.95. The number of aromatic nitrogens is 1. The van der Waals surface area contributed by atoms with Crippen LogP contribution in [0.5, 0.6) is 11.5 Å². The van der Waals surface area contributed by atoms with E-state index in [1.807, 2.05) is 39.8 Å². The minimum Gasteiger partial charge on any atom is -0.496 e. The Morgan fingerprint density at radius 1 is 1.44 bits per heavy atom. The molecule has 0 bridgehead atoms. The Morgan fingerprint density at radius 2 is 2.20 bits per heavy atom. The summed E-state index contributed by atoms with van der Waals surface area (Å²) >= 11 is 0. The minimum absolute atomic E-state index is 0.0776. The zero-order valence-corrected chi connectivity index (χ0v) is 15.3. The molecule has 2 atom stereocenters. The maximum absolute atomic E-state index is 12.6. The molecule has 0 saturated heterocycles. The van der Waals surface area contributed by atoms with Gasteiger partial charge in [0.2, 0.25) is 5.91 Å². The number of hydrogen-bond donors (Lipinski definition) is 1. The van der Waals surface area contributed by atoms with Gasteiger partial charge < -0.3 is 19.3 Å². The third-order valence-electron chi connectivity index (χ3n) is 4.67. The highest BCUT2D eigenvalue weighted by Crippen LogP contribution is 2.35. The van der Waals surface area contributed by atoms with Crippen molar-refractivity contribution in [2.75, 3.05) is 7.11 Å². The van der Waals surface area contributed by atoms with Crippen molar-refractivity contribution in [1.29, 1.82) is 0 Å². The molecule has 6 heteroatoms. The molecule has 1 amide bonds. The van der Waals surface area contributed by atoms with Crippen LogP contribution in [0.3, 0.4) is 0 Å². The summed E-state index contributed by atoms with van der Waals surface area (Å²) in [6.45, 7) is 7.94. The van der Waals surface area contributed by atoms with E-state index in [9.17, 15) is 4.79 Å². The van der Waals surface area contributed by atoms with Crippen LogP contribution in [0.25, 0.3) is 0 Å². The predicted molar refractivity (Wildman–Crippen MR) is 93.0 cm³/mol. The number of carbonyl (C=O) groups is 1. The predicted octanol–water partition coefficient (Wildman–Crippen LogP) is 3.04. The summed E-state index contributed by atoms with van der Waals surface area (Å²) in [5.74, 6) is 1.91. The number of aryl methyl sites for hydroxylation is 2. The first-order valence-electron chi connectivity index (χ1n) is 8.47. The Kier molecular flexibility index (Phi) is 4.70. The van der Waals surface area contributed by atoms with E-state index in [1.165, 1.54) is 0 Å². The third-order valence-corrected chi connectivity index (χ3v) is 4.67. The van der Waals surface area contributed by atoms with Crippen molar-refractivity contribution < 1.29 is 18.8 Å². The molecule has 0 unspecified atom stereocenters. The Morgan fingerprint density at radius 3 is 2.84 bits per heavy atom. The van der Waals surface area contributed by atoms with Gasteiger partial charge in [-0.05, 0) is 39.8 Å².